The Morgan fingerprint density at radius 1 is 1.29 bits per heavy atom. The second kappa shape index (κ2) is 5.60. The molecule has 0 aliphatic heterocycles. The highest BCUT2D eigenvalue weighted by molar-refractivity contribution is 7.18. The summed E-state index contributed by atoms with van der Waals surface area (Å²) >= 11 is 1.56. The van der Waals surface area contributed by atoms with Gasteiger partial charge in [-0.2, -0.15) is 0 Å². The second-order valence-corrected chi connectivity index (χ2v) is 6.62. The average molecular weight is 305 g/mol. The van der Waals surface area contributed by atoms with Crippen molar-refractivity contribution in [3.05, 3.63) is 17.3 Å². The highest BCUT2D eigenvalue weighted by Crippen LogP contribution is 2.35. The van der Waals surface area contributed by atoms with Gasteiger partial charge >= 0.3 is 5.97 Å². The van der Waals surface area contributed by atoms with Crippen LogP contribution in [0.5, 0.6) is 0 Å². The summed E-state index contributed by atoms with van der Waals surface area (Å²) in [6, 6.07) is 0. The van der Waals surface area contributed by atoms with Crippen LogP contribution in [0.2, 0.25) is 0 Å². The quantitative estimate of drug-likeness (QED) is 0.848. The number of hydrogen-bond acceptors (Lipinski definition) is 5. The van der Waals surface area contributed by atoms with Gasteiger partial charge in [0.2, 0.25) is 0 Å². The lowest BCUT2D eigenvalue weighted by Crippen LogP contribution is -2.46. The van der Waals surface area contributed by atoms with Gasteiger partial charge in [-0.25, -0.2) is 14.8 Å². The molecule has 1 saturated carbocycles. The van der Waals surface area contributed by atoms with E-state index in [0.29, 0.717) is 18.7 Å². The van der Waals surface area contributed by atoms with Gasteiger partial charge in [0.25, 0.3) is 0 Å². The van der Waals surface area contributed by atoms with Crippen LogP contribution in [-0.2, 0) is 4.79 Å². The number of nitrogens with zero attached hydrogens (tertiary/aromatic N) is 2. The monoisotopic (exact) mass is 305 g/mol. The van der Waals surface area contributed by atoms with E-state index in [9.17, 15) is 9.90 Å². The van der Waals surface area contributed by atoms with Gasteiger partial charge in [0.05, 0.1) is 10.2 Å². The average Bonchev–Trinajstić information content (AvgIpc) is 2.71. The number of carbonyl (C=O) groups is 1. The number of nitrogens with one attached hydrogen (secondary N) is 1. The minimum atomic E-state index is -0.893. The van der Waals surface area contributed by atoms with E-state index in [4.69, 9.17) is 0 Å². The van der Waals surface area contributed by atoms with Crippen molar-refractivity contribution in [2.24, 2.45) is 0 Å². The molecule has 112 valence electrons. The van der Waals surface area contributed by atoms with Crippen LogP contribution in [0, 0.1) is 6.92 Å². The highest BCUT2D eigenvalue weighted by atomic mass is 32.1. The zero-order valence-corrected chi connectivity index (χ0v) is 12.9. The maximum absolute atomic E-state index is 11.9. The molecule has 3 rings (SSSR count). The number of hydrogen-bond donors (Lipinski definition) is 2. The van der Waals surface area contributed by atoms with Crippen molar-refractivity contribution in [3.8, 4) is 0 Å². The maximum Gasteiger partial charge on any atom is 0.329 e. The Morgan fingerprint density at radius 2 is 2.00 bits per heavy atom. The number of aliphatic carboxylic acids is 1. The van der Waals surface area contributed by atoms with Crippen molar-refractivity contribution < 1.29 is 9.90 Å². The molecule has 0 amide bonds. The molecule has 0 bridgehead atoms. The number of anilines is 1. The fourth-order valence-electron chi connectivity index (χ4n) is 3.01. The third-order valence-corrected chi connectivity index (χ3v) is 5.35. The zero-order chi connectivity index (χ0) is 14.9. The second-order valence-electron chi connectivity index (χ2n) is 5.75. The molecule has 2 N–H and O–H groups in total. The number of carboxylic acids is 1. The van der Waals surface area contributed by atoms with E-state index in [1.807, 2.05) is 12.3 Å². The third-order valence-electron chi connectivity index (χ3n) is 4.26. The van der Waals surface area contributed by atoms with E-state index in [-0.39, 0.29) is 0 Å². The van der Waals surface area contributed by atoms with Gasteiger partial charge in [0.15, 0.2) is 0 Å². The first-order valence-electron chi connectivity index (χ1n) is 7.33. The fraction of sp³-hybridized carbons (Fsp3) is 0.533. The van der Waals surface area contributed by atoms with Gasteiger partial charge in [0, 0.05) is 0 Å². The number of thiophene rings is 1. The molecule has 2 aromatic rings. The first-order valence-corrected chi connectivity index (χ1v) is 8.21. The predicted octanol–water partition coefficient (Wildman–Crippen LogP) is 3.59. The molecule has 1 fully saturated rings. The van der Waals surface area contributed by atoms with Crippen molar-refractivity contribution in [2.75, 3.05) is 5.32 Å². The molecule has 0 unspecified atom stereocenters. The number of carboxylic acid groups (broad SMARTS) is 1. The van der Waals surface area contributed by atoms with E-state index < -0.39 is 11.5 Å². The Bertz CT molecular complexity index is 660. The summed E-state index contributed by atoms with van der Waals surface area (Å²) in [4.78, 5) is 20.5. The normalized spacial score (nSPS) is 18.3. The predicted molar refractivity (Wildman–Crippen MR) is 83.8 cm³/mol. The minimum absolute atomic E-state index is 0.651. The van der Waals surface area contributed by atoms with Gasteiger partial charge < -0.3 is 10.4 Å². The summed E-state index contributed by atoms with van der Waals surface area (Å²) in [7, 11) is 0. The molecule has 21 heavy (non-hydrogen) atoms. The Morgan fingerprint density at radius 3 is 2.67 bits per heavy atom. The van der Waals surface area contributed by atoms with Crippen LogP contribution in [-0.4, -0.2) is 26.6 Å². The van der Waals surface area contributed by atoms with E-state index in [2.05, 4.69) is 15.3 Å². The molecular weight excluding hydrogens is 286 g/mol. The Balaban J connectivity index is 2.00. The van der Waals surface area contributed by atoms with Gasteiger partial charge in [-0.05, 0) is 30.7 Å². The molecule has 2 aromatic heterocycles. The van der Waals surface area contributed by atoms with Crippen molar-refractivity contribution in [1.82, 2.24) is 9.97 Å². The molecule has 1 aliphatic rings. The molecule has 0 spiro atoms. The largest absolute Gasteiger partial charge is 0.480 e. The van der Waals surface area contributed by atoms with Crippen molar-refractivity contribution in [2.45, 2.75) is 51.0 Å². The van der Waals surface area contributed by atoms with Crippen LogP contribution >= 0.6 is 11.3 Å². The first-order chi connectivity index (χ1) is 10.1. The third kappa shape index (κ3) is 2.60. The lowest BCUT2D eigenvalue weighted by atomic mass is 9.90. The van der Waals surface area contributed by atoms with Gasteiger partial charge in [0.1, 0.15) is 17.7 Å². The molecule has 0 aromatic carbocycles. The Hall–Kier alpha value is -1.69. The molecule has 0 atom stereocenters. The van der Waals surface area contributed by atoms with Crippen LogP contribution in [0.25, 0.3) is 10.2 Å². The van der Waals surface area contributed by atoms with E-state index >= 15 is 0 Å². The number of rotatable bonds is 3. The number of aromatic nitrogens is 2. The summed E-state index contributed by atoms with van der Waals surface area (Å²) in [5, 5.41) is 15.0. The van der Waals surface area contributed by atoms with Crippen LogP contribution in [0.1, 0.15) is 44.1 Å². The van der Waals surface area contributed by atoms with E-state index in [1.54, 1.807) is 11.3 Å². The van der Waals surface area contributed by atoms with Crippen molar-refractivity contribution >= 4 is 33.3 Å². The van der Waals surface area contributed by atoms with Crippen LogP contribution < -0.4 is 5.32 Å². The van der Waals surface area contributed by atoms with Gasteiger partial charge in [-0.15, -0.1) is 11.3 Å². The first kappa shape index (κ1) is 14.3. The SMILES string of the molecule is Cc1csc2c(NC3(C(=O)O)CCCCCC3)ncnc12. The number of fused-ring (bicyclic) bond motifs is 1. The summed E-state index contributed by atoms with van der Waals surface area (Å²) < 4.78 is 0.944. The lowest BCUT2D eigenvalue weighted by molar-refractivity contribution is -0.142. The Labute approximate surface area is 127 Å². The summed E-state index contributed by atoms with van der Waals surface area (Å²) in [6.45, 7) is 2.01. The van der Waals surface area contributed by atoms with E-state index in [1.165, 1.54) is 6.33 Å². The highest BCUT2D eigenvalue weighted by Gasteiger charge is 2.39. The topological polar surface area (TPSA) is 75.1 Å². The van der Waals surface area contributed by atoms with E-state index in [0.717, 1.165) is 41.5 Å². The zero-order valence-electron chi connectivity index (χ0n) is 12.1. The molecule has 2 heterocycles. The molecule has 0 saturated heterocycles. The molecule has 5 nitrogen and oxygen atoms in total. The number of aryl methyl sites for hydroxylation is 1. The van der Waals surface area contributed by atoms with Crippen LogP contribution in [0.15, 0.2) is 11.7 Å². The molecule has 0 radical (unpaired) electrons. The van der Waals surface area contributed by atoms with Crippen molar-refractivity contribution in [1.29, 1.82) is 0 Å². The minimum Gasteiger partial charge on any atom is -0.480 e. The summed E-state index contributed by atoms with van der Waals surface area (Å²) in [5.74, 6) is -0.119. The molecule has 1 aliphatic carbocycles. The smallest absolute Gasteiger partial charge is 0.329 e. The molecule has 6 heteroatoms. The fourth-order valence-corrected chi connectivity index (χ4v) is 3.96. The Kier molecular flexibility index (Phi) is 3.80. The standard InChI is InChI=1S/C15H19N3O2S/c1-10-8-21-12-11(10)16-9-17-13(12)18-15(14(19)20)6-4-2-3-5-7-15/h8-9H,2-7H2,1H3,(H,19,20)(H,16,17,18). The van der Waals surface area contributed by atoms with Crippen LogP contribution in [0.4, 0.5) is 5.82 Å². The van der Waals surface area contributed by atoms with Crippen molar-refractivity contribution in [3.63, 3.8) is 0 Å². The molecular formula is C15H19N3O2S. The van der Waals surface area contributed by atoms with Gasteiger partial charge in [-0.1, -0.05) is 25.7 Å². The lowest BCUT2D eigenvalue weighted by Gasteiger charge is -2.29. The van der Waals surface area contributed by atoms with Gasteiger partial charge in [-0.3, -0.25) is 0 Å². The summed E-state index contributed by atoms with van der Waals surface area (Å²) in [6.07, 6.45) is 6.91. The van der Waals surface area contributed by atoms with Crippen LogP contribution in [0.3, 0.4) is 0 Å². The maximum atomic E-state index is 11.9. The summed E-state index contributed by atoms with van der Waals surface area (Å²) in [5.41, 5.74) is 1.12.